The molecule has 3 rings (SSSR count). The number of ether oxygens (including phenoxy) is 1. The lowest BCUT2D eigenvalue weighted by Gasteiger charge is -2.18. The van der Waals surface area contributed by atoms with E-state index in [0.29, 0.717) is 16.2 Å². The summed E-state index contributed by atoms with van der Waals surface area (Å²) in [5, 5.41) is 0.431. The van der Waals surface area contributed by atoms with Gasteiger partial charge in [-0.3, -0.25) is 4.79 Å². The van der Waals surface area contributed by atoms with E-state index in [-0.39, 0.29) is 17.1 Å². The smallest absolute Gasteiger partial charge is 0.210 e. The monoisotopic (exact) mass is 362 g/mol. The van der Waals surface area contributed by atoms with Crippen molar-refractivity contribution in [1.82, 2.24) is 0 Å². The number of halogens is 2. The Balaban J connectivity index is 2.25. The Morgan fingerprint density at radius 1 is 1.12 bits per heavy atom. The molecule has 1 aliphatic rings. The number of hydrogen-bond acceptors (Lipinski definition) is 3. The molecule has 0 aliphatic carbocycles. The Bertz CT molecular complexity index is 858. The standard InChI is InChI=1S/C19H16ClFO2S/c1-19(2)18(22)16(12-6-4-5-7-14(12)20)17(23-19)13-9-8-11(24-3)10-15(13)21/h4-10H,1-3H3. The number of hydrogen-bond donors (Lipinski definition) is 0. The van der Waals surface area contributed by atoms with E-state index in [4.69, 9.17) is 16.3 Å². The van der Waals surface area contributed by atoms with E-state index in [1.54, 1.807) is 50.2 Å². The highest BCUT2D eigenvalue weighted by Crippen LogP contribution is 2.43. The summed E-state index contributed by atoms with van der Waals surface area (Å²) in [4.78, 5) is 13.6. The van der Waals surface area contributed by atoms with Gasteiger partial charge in [0.2, 0.25) is 5.78 Å². The highest BCUT2D eigenvalue weighted by Gasteiger charge is 2.43. The van der Waals surface area contributed by atoms with Crippen molar-refractivity contribution in [2.75, 3.05) is 6.26 Å². The maximum Gasteiger partial charge on any atom is 0.210 e. The van der Waals surface area contributed by atoms with Crippen molar-refractivity contribution in [1.29, 1.82) is 0 Å². The van der Waals surface area contributed by atoms with Crippen LogP contribution in [0, 0.1) is 5.82 Å². The minimum Gasteiger partial charge on any atom is -0.478 e. The summed E-state index contributed by atoms with van der Waals surface area (Å²) in [6, 6.07) is 11.9. The number of benzene rings is 2. The summed E-state index contributed by atoms with van der Waals surface area (Å²) in [6.45, 7) is 3.35. The van der Waals surface area contributed by atoms with Crippen molar-refractivity contribution in [3.63, 3.8) is 0 Å². The highest BCUT2D eigenvalue weighted by atomic mass is 35.5. The van der Waals surface area contributed by atoms with Crippen molar-refractivity contribution in [2.45, 2.75) is 24.3 Å². The minimum absolute atomic E-state index is 0.209. The van der Waals surface area contributed by atoms with E-state index in [0.717, 1.165) is 4.90 Å². The average Bonchev–Trinajstić information content (AvgIpc) is 2.78. The third kappa shape index (κ3) is 2.85. The van der Waals surface area contributed by atoms with Gasteiger partial charge in [0.1, 0.15) is 11.6 Å². The SMILES string of the molecule is CSc1ccc(C2=C(c3ccccc3Cl)C(=O)C(C)(C)O2)c(F)c1. The molecule has 0 unspecified atom stereocenters. The van der Waals surface area contributed by atoms with E-state index < -0.39 is 11.4 Å². The maximum atomic E-state index is 14.6. The van der Waals surface area contributed by atoms with Crippen LogP contribution in [0.2, 0.25) is 5.02 Å². The molecule has 0 saturated heterocycles. The molecule has 0 atom stereocenters. The van der Waals surface area contributed by atoms with Gasteiger partial charge in [0, 0.05) is 15.5 Å². The Morgan fingerprint density at radius 3 is 2.46 bits per heavy atom. The van der Waals surface area contributed by atoms with Crippen LogP contribution in [0.1, 0.15) is 25.0 Å². The zero-order valence-corrected chi connectivity index (χ0v) is 15.1. The first-order valence-corrected chi connectivity index (χ1v) is 9.02. The largest absolute Gasteiger partial charge is 0.478 e. The maximum absolute atomic E-state index is 14.6. The number of rotatable bonds is 3. The molecule has 2 nitrogen and oxygen atoms in total. The van der Waals surface area contributed by atoms with Gasteiger partial charge in [-0.1, -0.05) is 29.8 Å². The second-order valence-electron chi connectivity index (χ2n) is 5.97. The van der Waals surface area contributed by atoms with E-state index in [1.165, 1.54) is 17.8 Å². The van der Waals surface area contributed by atoms with E-state index >= 15 is 0 Å². The first-order valence-electron chi connectivity index (χ1n) is 7.42. The molecule has 0 fully saturated rings. The number of ketones is 1. The quantitative estimate of drug-likeness (QED) is 0.679. The van der Waals surface area contributed by atoms with Crippen LogP contribution >= 0.6 is 23.4 Å². The molecule has 124 valence electrons. The van der Waals surface area contributed by atoms with Crippen molar-refractivity contribution < 1.29 is 13.9 Å². The second-order valence-corrected chi connectivity index (χ2v) is 7.26. The second kappa shape index (κ2) is 6.26. The van der Waals surface area contributed by atoms with Gasteiger partial charge in [0.15, 0.2) is 5.60 Å². The Hall–Kier alpha value is -1.78. The number of thioether (sulfide) groups is 1. The Morgan fingerprint density at radius 2 is 1.83 bits per heavy atom. The van der Waals surface area contributed by atoms with Crippen molar-refractivity contribution in [2.24, 2.45) is 0 Å². The molecule has 0 spiro atoms. The normalized spacial score (nSPS) is 16.5. The first kappa shape index (κ1) is 17.1. The summed E-state index contributed by atoms with van der Waals surface area (Å²) in [5.74, 6) is -0.394. The molecule has 0 N–H and O–H groups in total. The predicted molar refractivity (Wildman–Crippen MR) is 96.6 cm³/mol. The summed E-state index contributed by atoms with van der Waals surface area (Å²) >= 11 is 7.71. The Labute approximate surface area is 149 Å². The zero-order valence-electron chi connectivity index (χ0n) is 13.5. The molecule has 24 heavy (non-hydrogen) atoms. The fourth-order valence-electron chi connectivity index (χ4n) is 2.66. The van der Waals surface area contributed by atoms with Gasteiger partial charge in [0.25, 0.3) is 0 Å². The third-order valence-corrected chi connectivity index (χ3v) is 4.98. The molecule has 0 aromatic heterocycles. The molecule has 1 aliphatic heterocycles. The molecule has 0 bridgehead atoms. The van der Waals surface area contributed by atoms with Crippen molar-refractivity contribution >= 4 is 40.5 Å². The van der Waals surface area contributed by atoms with Crippen LogP contribution in [0.3, 0.4) is 0 Å². The summed E-state index contributed by atoms with van der Waals surface area (Å²) in [5.41, 5.74) is 0.0789. The molecule has 0 saturated carbocycles. The number of Topliss-reactive ketones (excluding diaryl/α,β-unsaturated/α-hetero) is 1. The van der Waals surface area contributed by atoms with Crippen LogP contribution in [0.25, 0.3) is 11.3 Å². The third-order valence-electron chi connectivity index (χ3n) is 3.92. The summed E-state index contributed by atoms with van der Waals surface area (Å²) in [7, 11) is 0. The average molecular weight is 363 g/mol. The highest BCUT2D eigenvalue weighted by molar-refractivity contribution is 7.98. The first-order chi connectivity index (χ1) is 11.3. The number of carbonyl (C=O) groups is 1. The molecule has 0 radical (unpaired) electrons. The zero-order chi connectivity index (χ0) is 17.5. The molecular formula is C19H16ClFO2S. The van der Waals surface area contributed by atoms with Crippen LogP contribution in [0.4, 0.5) is 4.39 Å². The van der Waals surface area contributed by atoms with Crippen LogP contribution < -0.4 is 0 Å². The van der Waals surface area contributed by atoms with Crippen LogP contribution in [-0.2, 0) is 9.53 Å². The lowest BCUT2D eigenvalue weighted by atomic mass is 9.92. The summed E-state index contributed by atoms with van der Waals surface area (Å²) in [6.07, 6.45) is 1.88. The predicted octanol–water partition coefficient (Wildman–Crippen LogP) is 5.45. The fourth-order valence-corrected chi connectivity index (χ4v) is 3.32. The molecule has 0 amide bonds. The fraction of sp³-hybridized carbons (Fsp3) is 0.211. The van der Waals surface area contributed by atoms with E-state index in [9.17, 15) is 9.18 Å². The molecule has 2 aromatic rings. The lowest BCUT2D eigenvalue weighted by molar-refractivity contribution is -0.125. The number of carbonyl (C=O) groups excluding carboxylic acids is 1. The van der Waals surface area contributed by atoms with Gasteiger partial charge in [-0.15, -0.1) is 11.8 Å². The minimum atomic E-state index is -1.06. The van der Waals surface area contributed by atoms with Crippen LogP contribution in [-0.4, -0.2) is 17.6 Å². The van der Waals surface area contributed by atoms with E-state index in [1.807, 2.05) is 6.26 Å². The molecule has 1 heterocycles. The lowest BCUT2D eigenvalue weighted by Crippen LogP contribution is -2.29. The van der Waals surface area contributed by atoms with Crippen molar-refractivity contribution in [3.8, 4) is 0 Å². The van der Waals surface area contributed by atoms with Gasteiger partial charge in [0.05, 0.1) is 11.1 Å². The van der Waals surface area contributed by atoms with Gasteiger partial charge >= 0.3 is 0 Å². The van der Waals surface area contributed by atoms with Crippen molar-refractivity contribution in [3.05, 3.63) is 64.4 Å². The van der Waals surface area contributed by atoms with Gasteiger partial charge < -0.3 is 4.74 Å². The molecule has 2 aromatic carbocycles. The molecular weight excluding hydrogens is 347 g/mol. The van der Waals surface area contributed by atoms with Gasteiger partial charge in [-0.2, -0.15) is 0 Å². The van der Waals surface area contributed by atoms with Gasteiger partial charge in [-0.25, -0.2) is 4.39 Å². The van der Waals surface area contributed by atoms with E-state index in [2.05, 4.69) is 0 Å². The van der Waals surface area contributed by atoms with Gasteiger partial charge in [-0.05, 0) is 44.4 Å². The Kier molecular flexibility index (Phi) is 4.45. The summed E-state index contributed by atoms with van der Waals surface area (Å²) < 4.78 is 20.4. The topological polar surface area (TPSA) is 26.3 Å². The van der Waals surface area contributed by atoms with Crippen LogP contribution in [0.5, 0.6) is 0 Å². The van der Waals surface area contributed by atoms with Crippen LogP contribution in [0.15, 0.2) is 47.4 Å². The molecule has 5 heteroatoms.